The average Bonchev–Trinajstić information content (AvgIpc) is 3.40. The maximum absolute atomic E-state index is 13.8. The third-order valence-electron chi connectivity index (χ3n) is 6.49. The second-order valence-electron chi connectivity index (χ2n) is 9.57. The second-order valence-corrected chi connectivity index (χ2v) is 9.57. The van der Waals surface area contributed by atoms with E-state index in [-0.39, 0.29) is 26.3 Å². The van der Waals surface area contributed by atoms with Gasteiger partial charge >= 0.3 is 6.18 Å². The number of nitrogens with one attached hydrogen (secondary N) is 1. The maximum Gasteiger partial charge on any atom is 0.390 e. The zero-order valence-corrected chi connectivity index (χ0v) is 23.2. The van der Waals surface area contributed by atoms with Crippen molar-refractivity contribution in [3.05, 3.63) is 66.5 Å². The molecule has 0 aliphatic carbocycles. The first-order valence-electron chi connectivity index (χ1n) is 13.3. The SMILES string of the molecule is COc1cc2c(Nc3cnn(C(C(N)=O)c4cccc(F)c4)c3)ncnc2cc1OCCCN(CCO)CCC(F)(F)F. The Bertz CT molecular complexity index is 1530. The third-order valence-corrected chi connectivity index (χ3v) is 6.49. The second kappa shape index (κ2) is 14.1. The number of amides is 1. The number of ether oxygens (including phenoxy) is 2. The number of primary amides is 1. The van der Waals surface area contributed by atoms with Crippen LogP contribution in [0.3, 0.4) is 0 Å². The van der Waals surface area contributed by atoms with Crippen LogP contribution in [0.15, 0.2) is 55.1 Å². The van der Waals surface area contributed by atoms with Crippen LogP contribution in [0.2, 0.25) is 0 Å². The fourth-order valence-electron chi connectivity index (χ4n) is 4.47. The lowest BCUT2D eigenvalue weighted by Crippen LogP contribution is -2.32. The number of benzene rings is 2. The van der Waals surface area contributed by atoms with Gasteiger partial charge in [-0.05, 0) is 30.2 Å². The van der Waals surface area contributed by atoms with E-state index in [4.69, 9.17) is 20.3 Å². The van der Waals surface area contributed by atoms with Crippen LogP contribution in [-0.4, -0.2) is 81.8 Å². The van der Waals surface area contributed by atoms with E-state index < -0.39 is 30.4 Å². The molecule has 11 nitrogen and oxygen atoms in total. The molecule has 2 aromatic heterocycles. The zero-order valence-electron chi connectivity index (χ0n) is 23.2. The van der Waals surface area contributed by atoms with Gasteiger partial charge < -0.3 is 30.5 Å². The highest BCUT2D eigenvalue weighted by molar-refractivity contribution is 5.93. The molecule has 43 heavy (non-hydrogen) atoms. The average molecular weight is 606 g/mol. The molecule has 4 aromatic rings. The Morgan fingerprint density at radius 3 is 2.67 bits per heavy atom. The van der Waals surface area contributed by atoms with E-state index in [0.717, 1.165) is 0 Å². The highest BCUT2D eigenvalue weighted by Crippen LogP contribution is 2.35. The topological polar surface area (TPSA) is 141 Å². The molecule has 0 aliphatic rings. The van der Waals surface area contributed by atoms with Crippen molar-refractivity contribution in [3.8, 4) is 11.5 Å². The van der Waals surface area contributed by atoms with Crippen LogP contribution < -0.4 is 20.5 Å². The van der Waals surface area contributed by atoms with Gasteiger partial charge in [0.05, 0.1) is 44.1 Å². The van der Waals surface area contributed by atoms with Crippen molar-refractivity contribution in [2.75, 3.05) is 45.3 Å². The molecular formula is C28H31F4N7O4. The molecule has 0 fully saturated rings. The van der Waals surface area contributed by atoms with Gasteiger partial charge in [0.15, 0.2) is 17.5 Å². The number of hydrogen-bond donors (Lipinski definition) is 3. The lowest BCUT2D eigenvalue weighted by molar-refractivity contribution is -0.138. The standard InChI is InChI=1S/C28H31F4N7O4/c1-42-23-13-21-22(14-24(23)43-11-3-7-38(9-10-40)8-6-28(30,31)32)34-17-35-27(21)37-20-15-36-39(16-20)25(26(33)41)18-4-2-5-19(29)12-18/h2,4-5,12-17,25,40H,3,6-11H2,1H3,(H2,33,41)(H,34,35,37). The molecule has 0 bridgehead atoms. The van der Waals surface area contributed by atoms with Gasteiger partial charge in [-0.25, -0.2) is 14.4 Å². The van der Waals surface area contributed by atoms with Crippen molar-refractivity contribution in [1.82, 2.24) is 24.6 Å². The van der Waals surface area contributed by atoms with Crippen LogP contribution in [0.25, 0.3) is 10.9 Å². The van der Waals surface area contributed by atoms with Gasteiger partial charge in [-0.15, -0.1) is 0 Å². The highest BCUT2D eigenvalue weighted by Gasteiger charge is 2.27. The summed E-state index contributed by atoms with van der Waals surface area (Å²) in [6.45, 7) is 0.189. The molecule has 0 spiro atoms. The Hall–Kier alpha value is -4.50. The molecule has 1 unspecified atom stereocenters. The van der Waals surface area contributed by atoms with Crippen LogP contribution in [0.1, 0.15) is 24.4 Å². The summed E-state index contributed by atoms with van der Waals surface area (Å²) in [5, 5.41) is 17.1. The van der Waals surface area contributed by atoms with Gasteiger partial charge in [-0.3, -0.25) is 9.48 Å². The minimum Gasteiger partial charge on any atom is -0.493 e. The number of aliphatic hydroxyl groups excluding tert-OH is 1. The number of anilines is 2. The number of hydrogen-bond acceptors (Lipinski definition) is 9. The van der Waals surface area contributed by atoms with Gasteiger partial charge in [0.1, 0.15) is 18.0 Å². The summed E-state index contributed by atoms with van der Waals surface area (Å²) in [7, 11) is 1.46. The van der Waals surface area contributed by atoms with Gasteiger partial charge in [-0.1, -0.05) is 12.1 Å². The maximum atomic E-state index is 13.8. The summed E-state index contributed by atoms with van der Waals surface area (Å²) in [6.07, 6.45) is -0.459. The molecule has 0 radical (unpaired) electrons. The number of carbonyl (C=O) groups excluding carboxylic acids is 1. The minimum absolute atomic E-state index is 0.134. The van der Waals surface area contributed by atoms with Gasteiger partial charge in [0.25, 0.3) is 0 Å². The molecule has 0 saturated heterocycles. The number of alkyl halides is 3. The van der Waals surface area contributed by atoms with Gasteiger partial charge in [0, 0.05) is 37.3 Å². The normalized spacial score (nSPS) is 12.4. The van der Waals surface area contributed by atoms with Crippen molar-refractivity contribution in [3.63, 3.8) is 0 Å². The molecule has 1 amide bonds. The van der Waals surface area contributed by atoms with Gasteiger partial charge in [0.2, 0.25) is 5.91 Å². The molecule has 2 aromatic carbocycles. The van der Waals surface area contributed by atoms with Gasteiger partial charge in [-0.2, -0.15) is 18.3 Å². The van der Waals surface area contributed by atoms with E-state index in [1.807, 2.05) is 0 Å². The van der Waals surface area contributed by atoms with E-state index in [9.17, 15) is 22.4 Å². The number of halogens is 4. The monoisotopic (exact) mass is 605 g/mol. The largest absolute Gasteiger partial charge is 0.493 e. The van der Waals surface area contributed by atoms with E-state index in [2.05, 4.69) is 20.4 Å². The smallest absolute Gasteiger partial charge is 0.390 e. The summed E-state index contributed by atoms with van der Waals surface area (Å²) >= 11 is 0. The number of carbonyl (C=O) groups is 1. The number of fused-ring (bicyclic) bond motifs is 1. The molecule has 4 rings (SSSR count). The molecule has 15 heteroatoms. The van der Waals surface area contributed by atoms with Crippen LogP contribution in [0.5, 0.6) is 11.5 Å². The van der Waals surface area contributed by atoms with E-state index in [1.54, 1.807) is 18.2 Å². The quantitative estimate of drug-likeness (QED) is 0.136. The lowest BCUT2D eigenvalue weighted by Gasteiger charge is -2.22. The molecule has 0 saturated carbocycles. The van der Waals surface area contributed by atoms with Crippen LogP contribution >= 0.6 is 0 Å². The fraction of sp³-hybridized carbons (Fsp3) is 0.357. The molecule has 1 atom stereocenters. The molecular weight excluding hydrogens is 574 g/mol. The first kappa shape index (κ1) is 31.4. The number of aliphatic hydroxyl groups is 1. The Kier molecular flexibility index (Phi) is 10.3. The van der Waals surface area contributed by atoms with Crippen LogP contribution in [0, 0.1) is 5.82 Å². The Balaban J connectivity index is 1.46. The minimum atomic E-state index is -4.27. The summed E-state index contributed by atoms with van der Waals surface area (Å²) in [5.41, 5.74) is 6.92. The van der Waals surface area contributed by atoms with E-state index in [0.29, 0.717) is 52.4 Å². The third kappa shape index (κ3) is 8.51. The molecule has 2 heterocycles. The summed E-state index contributed by atoms with van der Waals surface area (Å²) in [4.78, 5) is 22.3. The fourth-order valence-corrected chi connectivity index (χ4v) is 4.47. The number of nitrogens with two attached hydrogens (primary N) is 1. The summed E-state index contributed by atoms with van der Waals surface area (Å²) < 4.78 is 64.2. The Morgan fingerprint density at radius 1 is 1.16 bits per heavy atom. The lowest BCUT2D eigenvalue weighted by atomic mass is 10.1. The van der Waals surface area contributed by atoms with Crippen LogP contribution in [-0.2, 0) is 4.79 Å². The predicted octanol–water partition coefficient (Wildman–Crippen LogP) is 3.81. The first-order chi connectivity index (χ1) is 20.6. The number of methoxy groups -OCH3 is 1. The van der Waals surface area contributed by atoms with Crippen molar-refractivity contribution in [2.24, 2.45) is 5.73 Å². The van der Waals surface area contributed by atoms with Crippen molar-refractivity contribution in [2.45, 2.75) is 25.1 Å². The number of rotatable bonds is 15. The predicted molar refractivity (Wildman–Crippen MR) is 150 cm³/mol. The van der Waals surface area contributed by atoms with Crippen molar-refractivity contribution < 1.29 is 36.9 Å². The first-order valence-corrected chi connectivity index (χ1v) is 13.3. The Labute approximate surface area is 244 Å². The highest BCUT2D eigenvalue weighted by atomic mass is 19.4. The van der Waals surface area contributed by atoms with Crippen molar-refractivity contribution in [1.29, 1.82) is 0 Å². The van der Waals surface area contributed by atoms with Crippen molar-refractivity contribution >= 4 is 28.3 Å². The molecule has 0 aliphatic heterocycles. The summed E-state index contributed by atoms with van der Waals surface area (Å²) in [6, 6.07) is 7.84. The van der Waals surface area contributed by atoms with E-state index in [1.165, 1.54) is 53.6 Å². The molecule has 230 valence electrons. The zero-order chi connectivity index (χ0) is 31.0. The summed E-state index contributed by atoms with van der Waals surface area (Å²) in [5.74, 6) is -0.0581. The Morgan fingerprint density at radius 2 is 1.98 bits per heavy atom. The number of nitrogens with zero attached hydrogens (tertiary/aromatic N) is 5. The van der Waals surface area contributed by atoms with Crippen LogP contribution in [0.4, 0.5) is 29.1 Å². The van der Waals surface area contributed by atoms with E-state index >= 15 is 0 Å². The molecule has 4 N–H and O–H groups in total. The number of aromatic nitrogens is 4.